The number of carbonyl (C=O) groups excluding carboxylic acids is 1. The zero-order chi connectivity index (χ0) is 20.1. The van der Waals surface area contributed by atoms with E-state index in [1.165, 1.54) is 18.1 Å². The molecule has 1 atom stereocenters. The van der Waals surface area contributed by atoms with Crippen molar-refractivity contribution in [2.75, 3.05) is 19.5 Å². The van der Waals surface area contributed by atoms with Crippen molar-refractivity contribution >= 4 is 27.6 Å². The summed E-state index contributed by atoms with van der Waals surface area (Å²) in [7, 11) is 3.06. The summed E-state index contributed by atoms with van der Waals surface area (Å²) in [6, 6.07) is 4.18. The standard InChI is InChI=1S/C17H18BrN7O3/c1-10(15-21-9-22-25(15)16-19-5-4-6-20-16)23-17(26)24-12-7-11(18)13(27-2)8-14(12)28-3/h4-10H,1-3H3,(H2,23,24,26)/t10-/m0/s1. The largest absolute Gasteiger partial charge is 0.495 e. The first-order valence-electron chi connectivity index (χ1n) is 8.19. The first-order valence-corrected chi connectivity index (χ1v) is 8.99. The van der Waals surface area contributed by atoms with E-state index in [-0.39, 0.29) is 0 Å². The maximum atomic E-state index is 12.5. The van der Waals surface area contributed by atoms with Gasteiger partial charge in [-0.2, -0.15) is 9.78 Å². The normalized spacial score (nSPS) is 11.6. The number of hydrogen-bond donors (Lipinski definition) is 2. The Hall–Kier alpha value is -3.21. The average Bonchev–Trinajstić information content (AvgIpc) is 3.19. The van der Waals surface area contributed by atoms with Crippen molar-refractivity contribution in [2.24, 2.45) is 0 Å². The number of benzene rings is 1. The van der Waals surface area contributed by atoms with Crippen molar-refractivity contribution in [3.05, 3.63) is 47.2 Å². The molecule has 2 amide bonds. The Morgan fingerprint density at radius 1 is 1.14 bits per heavy atom. The summed E-state index contributed by atoms with van der Waals surface area (Å²) in [6.07, 6.45) is 4.59. The van der Waals surface area contributed by atoms with Crippen LogP contribution in [0, 0.1) is 0 Å². The fourth-order valence-electron chi connectivity index (χ4n) is 2.48. The Balaban J connectivity index is 1.74. The van der Waals surface area contributed by atoms with Gasteiger partial charge in [-0.3, -0.25) is 0 Å². The molecular formula is C17H18BrN7O3. The minimum Gasteiger partial charge on any atom is -0.495 e. The number of hydrogen-bond acceptors (Lipinski definition) is 7. The van der Waals surface area contributed by atoms with E-state index in [0.717, 1.165) is 0 Å². The van der Waals surface area contributed by atoms with Crippen molar-refractivity contribution in [2.45, 2.75) is 13.0 Å². The third-order valence-electron chi connectivity index (χ3n) is 3.77. The summed E-state index contributed by atoms with van der Waals surface area (Å²) in [4.78, 5) is 25.0. The highest BCUT2D eigenvalue weighted by molar-refractivity contribution is 9.10. The van der Waals surface area contributed by atoms with Crippen LogP contribution in [0.2, 0.25) is 0 Å². The molecule has 3 rings (SSSR count). The molecule has 1 aromatic carbocycles. The van der Waals surface area contributed by atoms with E-state index in [9.17, 15) is 4.79 Å². The van der Waals surface area contributed by atoms with Crippen molar-refractivity contribution in [1.82, 2.24) is 30.0 Å². The van der Waals surface area contributed by atoms with Crippen LogP contribution in [0.5, 0.6) is 11.5 Å². The van der Waals surface area contributed by atoms with Crippen molar-refractivity contribution in [1.29, 1.82) is 0 Å². The van der Waals surface area contributed by atoms with Crippen LogP contribution in [0.4, 0.5) is 10.5 Å². The van der Waals surface area contributed by atoms with Crippen LogP contribution < -0.4 is 20.1 Å². The molecule has 0 aliphatic carbocycles. The third kappa shape index (κ3) is 4.19. The molecular weight excluding hydrogens is 430 g/mol. The lowest BCUT2D eigenvalue weighted by molar-refractivity contribution is 0.248. The Bertz CT molecular complexity index is 965. The number of halogens is 1. The fraction of sp³-hybridized carbons (Fsp3) is 0.235. The highest BCUT2D eigenvalue weighted by atomic mass is 79.9. The molecule has 2 heterocycles. The summed E-state index contributed by atoms with van der Waals surface area (Å²) in [5.41, 5.74) is 0.479. The van der Waals surface area contributed by atoms with E-state index in [1.54, 1.807) is 44.6 Å². The Morgan fingerprint density at radius 3 is 2.54 bits per heavy atom. The van der Waals surface area contributed by atoms with Gasteiger partial charge in [0.2, 0.25) is 0 Å². The van der Waals surface area contributed by atoms with Crippen LogP contribution in [-0.4, -0.2) is 45.0 Å². The maximum absolute atomic E-state index is 12.5. The number of methoxy groups -OCH3 is 2. The highest BCUT2D eigenvalue weighted by Gasteiger charge is 2.19. The minimum absolute atomic E-state index is 0.366. The van der Waals surface area contributed by atoms with Crippen molar-refractivity contribution in [3.63, 3.8) is 0 Å². The maximum Gasteiger partial charge on any atom is 0.319 e. The number of nitrogens with one attached hydrogen (secondary N) is 2. The number of ether oxygens (including phenoxy) is 2. The lowest BCUT2D eigenvalue weighted by Crippen LogP contribution is -2.32. The summed E-state index contributed by atoms with van der Waals surface area (Å²) >= 11 is 3.39. The third-order valence-corrected chi connectivity index (χ3v) is 4.39. The minimum atomic E-state index is -0.459. The van der Waals surface area contributed by atoms with Gasteiger partial charge in [0.15, 0.2) is 5.82 Å². The van der Waals surface area contributed by atoms with Crippen LogP contribution in [-0.2, 0) is 0 Å². The molecule has 0 aliphatic rings. The van der Waals surface area contributed by atoms with Gasteiger partial charge in [0.1, 0.15) is 17.8 Å². The van der Waals surface area contributed by atoms with E-state index >= 15 is 0 Å². The van der Waals surface area contributed by atoms with Gasteiger partial charge in [-0.25, -0.2) is 19.7 Å². The molecule has 3 aromatic rings. The van der Waals surface area contributed by atoms with Gasteiger partial charge in [0.05, 0.1) is 30.4 Å². The molecule has 0 saturated carbocycles. The van der Waals surface area contributed by atoms with Gasteiger partial charge in [0.25, 0.3) is 5.95 Å². The molecule has 2 N–H and O–H groups in total. The molecule has 10 nitrogen and oxygen atoms in total. The second-order valence-corrected chi connectivity index (χ2v) is 6.44. The highest BCUT2D eigenvalue weighted by Crippen LogP contribution is 2.36. The number of carbonyl (C=O) groups is 1. The van der Waals surface area contributed by atoms with Crippen LogP contribution in [0.3, 0.4) is 0 Å². The zero-order valence-corrected chi connectivity index (χ0v) is 17.0. The number of amides is 2. The Morgan fingerprint density at radius 2 is 1.86 bits per heavy atom. The average molecular weight is 448 g/mol. The molecule has 0 aliphatic heterocycles. The topological polar surface area (TPSA) is 116 Å². The lowest BCUT2D eigenvalue weighted by Gasteiger charge is -2.16. The van der Waals surface area contributed by atoms with Gasteiger partial charge in [-0.15, -0.1) is 0 Å². The van der Waals surface area contributed by atoms with Crippen molar-refractivity contribution in [3.8, 4) is 17.4 Å². The van der Waals surface area contributed by atoms with Crippen LogP contribution in [0.15, 0.2) is 41.4 Å². The van der Waals surface area contributed by atoms with E-state index in [1.807, 2.05) is 0 Å². The monoisotopic (exact) mass is 447 g/mol. The predicted octanol–water partition coefficient (Wildman–Crippen LogP) is 2.72. The van der Waals surface area contributed by atoms with E-state index < -0.39 is 12.1 Å². The first-order chi connectivity index (χ1) is 13.5. The van der Waals surface area contributed by atoms with Gasteiger partial charge in [0, 0.05) is 18.5 Å². The molecule has 0 radical (unpaired) electrons. The second kappa shape index (κ2) is 8.65. The molecule has 0 spiro atoms. The van der Waals surface area contributed by atoms with Gasteiger partial charge in [-0.1, -0.05) is 0 Å². The smallest absolute Gasteiger partial charge is 0.319 e. The predicted molar refractivity (Wildman–Crippen MR) is 105 cm³/mol. The van der Waals surface area contributed by atoms with Crippen LogP contribution >= 0.6 is 15.9 Å². The molecule has 0 saturated heterocycles. The van der Waals surface area contributed by atoms with Crippen molar-refractivity contribution < 1.29 is 14.3 Å². The van der Waals surface area contributed by atoms with E-state index in [4.69, 9.17) is 9.47 Å². The number of nitrogens with zero attached hydrogens (tertiary/aromatic N) is 5. The summed E-state index contributed by atoms with van der Waals surface area (Å²) in [6.45, 7) is 1.78. The molecule has 0 unspecified atom stereocenters. The van der Waals surface area contributed by atoms with E-state index in [2.05, 4.69) is 46.6 Å². The Kier molecular flexibility index (Phi) is 6.04. The summed E-state index contributed by atoms with van der Waals surface area (Å²) < 4.78 is 12.7. The van der Waals surface area contributed by atoms with Crippen LogP contribution in [0.25, 0.3) is 5.95 Å². The quantitative estimate of drug-likeness (QED) is 0.596. The van der Waals surface area contributed by atoms with Crippen LogP contribution in [0.1, 0.15) is 18.8 Å². The molecule has 28 heavy (non-hydrogen) atoms. The zero-order valence-electron chi connectivity index (χ0n) is 15.4. The first kappa shape index (κ1) is 19.5. The molecule has 0 bridgehead atoms. The molecule has 0 fully saturated rings. The lowest BCUT2D eigenvalue weighted by atomic mass is 10.2. The number of aromatic nitrogens is 5. The number of rotatable bonds is 6. The summed E-state index contributed by atoms with van der Waals surface area (Å²) in [5.74, 6) is 1.91. The number of anilines is 1. The van der Waals surface area contributed by atoms with Gasteiger partial charge >= 0.3 is 6.03 Å². The summed E-state index contributed by atoms with van der Waals surface area (Å²) in [5, 5.41) is 9.69. The molecule has 2 aromatic heterocycles. The van der Waals surface area contributed by atoms with E-state index in [0.29, 0.717) is 33.4 Å². The van der Waals surface area contributed by atoms with Gasteiger partial charge < -0.3 is 20.1 Å². The van der Waals surface area contributed by atoms with Gasteiger partial charge in [-0.05, 0) is 35.0 Å². The second-order valence-electron chi connectivity index (χ2n) is 5.59. The number of urea groups is 1. The SMILES string of the molecule is COc1cc(OC)c(NC(=O)N[C@@H](C)c2ncnn2-c2ncccn2)cc1Br. The molecule has 146 valence electrons. The Labute approximate surface area is 169 Å². The fourth-order valence-corrected chi connectivity index (χ4v) is 2.98. The molecule has 11 heteroatoms.